The Hall–Kier alpha value is -1.86. The van der Waals surface area contributed by atoms with Crippen molar-refractivity contribution in [2.45, 2.75) is 26.4 Å². The average Bonchev–Trinajstić information content (AvgIpc) is 2.85. The monoisotopic (exact) mass is 311 g/mol. The molecule has 2 rings (SSSR count). The van der Waals surface area contributed by atoms with E-state index in [2.05, 4.69) is 53.6 Å². The topological polar surface area (TPSA) is 86.0 Å². The molecule has 7 heteroatoms. The van der Waals surface area contributed by atoms with Gasteiger partial charge in [0, 0.05) is 57.7 Å². The van der Waals surface area contributed by atoms with Crippen LogP contribution in [-0.2, 0) is 23.2 Å². The summed E-state index contributed by atoms with van der Waals surface area (Å²) in [5.74, 6) is -3.65. The van der Waals surface area contributed by atoms with Gasteiger partial charge in [-0.3, -0.25) is 9.80 Å². The van der Waals surface area contributed by atoms with Crippen molar-refractivity contribution in [2.75, 3.05) is 26.2 Å². The number of nitrogens with zero attached hydrogens (tertiary/aromatic N) is 3. The van der Waals surface area contributed by atoms with Crippen LogP contribution < -0.4 is 0 Å². The minimum absolute atomic E-state index is 0.692. The van der Waals surface area contributed by atoms with E-state index >= 15 is 0 Å². The van der Waals surface area contributed by atoms with Crippen LogP contribution in [0.15, 0.2) is 18.3 Å². The first-order chi connectivity index (χ1) is 10.3. The van der Waals surface area contributed by atoms with Gasteiger partial charge in [-0.05, 0) is 26.0 Å². The Morgan fingerprint density at radius 2 is 1.68 bits per heavy atom. The van der Waals surface area contributed by atoms with Crippen molar-refractivity contribution in [1.29, 1.82) is 0 Å². The summed E-state index contributed by atoms with van der Waals surface area (Å²) in [5, 5.41) is 14.8. The predicted molar refractivity (Wildman–Crippen MR) is 82.7 cm³/mol. The standard InChI is InChI=1S/C13H23N3.C2H2O4/c1-12(2)16-9-7-15(8-10-16)11-13-5-4-6-14(13)3;3-1(4)2(5)6/h4-6,12H,7-11H2,1-3H3;(H,3,4)(H,5,6). The summed E-state index contributed by atoms with van der Waals surface area (Å²) in [6.07, 6.45) is 2.12. The number of hydrogen-bond donors (Lipinski definition) is 2. The summed E-state index contributed by atoms with van der Waals surface area (Å²) < 4.78 is 2.22. The second-order valence-corrected chi connectivity index (χ2v) is 5.63. The minimum atomic E-state index is -1.82. The summed E-state index contributed by atoms with van der Waals surface area (Å²) in [6.45, 7) is 10.5. The van der Waals surface area contributed by atoms with Gasteiger partial charge in [-0.2, -0.15) is 0 Å². The van der Waals surface area contributed by atoms with Crippen LogP contribution in [0.4, 0.5) is 0 Å². The molecule has 0 aromatic carbocycles. The smallest absolute Gasteiger partial charge is 0.414 e. The minimum Gasteiger partial charge on any atom is -0.473 e. The Labute approximate surface area is 130 Å². The van der Waals surface area contributed by atoms with Crippen molar-refractivity contribution in [3.05, 3.63) is 24.0 Å². The van der Waals surface area contributed by atoms with Gasteiger partial charge in [-0.15, -0.1) is 0 Å². The highest BCUT2D eigenvalue weighted by Crippen LogP contribution is 2.10. The molecular formula is C15H25N3O4. The van der Waals surface area contributed by atoms with Gasteiger partial charge in [0.15, 0.2) is 0 Å². The molecule has 2 N–H and O–H groups in total. The highest BCUT2D eigenvalue weighted by Gasteiger charge is 2.18. The lowest BCUT2D eigenvalue weighted by atomic mass is 10.2. The molecule has 0 aliphatic carbocycles. The number of aryl methyl sites for hydroxylation is 1. The SMILES string of the molecule is CC(C)N1CCN(Cc2cccn2C)CC1.O=C(O)C(=O)O. The summed E-state index contributed by atoms with van der Waals surface area (Å²) in [6, 6.07) is 5.03. The van der Waals surface area contributed by atoms with E-state index in [9.17, 15) is 0 Å². The van der Waals surface area contributed by atoms with Crippen LogP contribution in [-0.4, -0.2) is 68.7 Å². The van der Waals surface area contributed by atoms with E-state index in [4.69, 9.17) is 19.8 Å². The fourth-order valence-corrected chi connectivity index (χ4v) is 2.33. The zero-order valence-corrected chi connectivity index (χ0v) is 13.4. The Bertz CT molecular complexity index is 479. The van der Waals surface area contributed by atoms with E-state index in [0.717, 1.165) is 6.54 Å². The molecular weight excluding hydrogens is 286 g/mol. The maximum absolute atomic E-state index is 9.10. The lowest BCUT2D eigenvalue weighted by molar-refractivity contribution is -0.159. The van der Waals surface area contributed by atoms with Crippen molar-refractivity contribution in [3.63, 3.8) is 0 Å². The fourth-order valence-electron chi connectivity index (χ4n) is 2.33. The maximum Gasteiger partial charge on any atom is 0.414 e. The van der Waals surface area contributed by atoms with Crippen LogP contribution in [0.25, 0.3) is 0 Å². The summed E-state index contributed by atoms with van der Waals surface area (Å²) >= 11 is 0. The van der Waals surface area contributed by atoms with Gasteiger partial charge in [0.25, 0.3) is 0 Å². The molecule has 7 nitrogen and oxygen atoms in total. The van der Waals surface area contributed by atoms with Gasteiger partial charge in [0.1, 0.15) is 0 Å². The molecule has 0 saturated carbocycles. The predicted octanol–water partition coefficient (Wildman–Crippen LogP) is 0.707. The van der Waals surface area contributed by atoms with Crippen LogP contribution in [0, 0.1) is 0 Å². The Morgan fingerprint density at radius 1 is 1.14 bits per heavy atom. The highest BCUT2D eigenvalue weighted by atomic mass is 16.4. The van der Waals surface area contributed by atoms with Crippen LogP contribution in [0.2, 0.25) is 0 Å². The number of aliphatic carboxylic acids is 2. The summed E-state index contributed by atoms with van der Waals surface area (Å²) in [4.78, 5) is 23.3. The molecule has 0 spiro atoms. The van der Waals surface area contributed by atoms with Gasteiger partial charge in [-0.1, -0.05) is 0 Å². The number of hydrogen-bond acceptors (Lipinski definition) is 4. The quantitative estimate of drug-likeness (QED) is 0.800. The Kier molecular flexibility index (Phi) is 7.07. The first kappa shape index (κ1) is 18.2. The molecule has 22 heavy (non-hydrogen) atoms. The normalized spacial score (nSPS) is 16.2. The van der Waals surface area contributed by atoms with E-state index < -0.39 is 11.9 Å². The molecule has 0 atom stereocenters. The second-order valence-electron chi connectivity index (χ2n) is 5.63. The van der Waals surface area contributed by atoms with E-state index in [0.29, 0.717) is 6.04 Å². The molecule has 1 aromatic heterocycles. The number of carbonyl (C=O) groups is 2. The molecule has 124 valence electrons. The molecule has 0 unspecified atom stereocenters. The van der Waals surface area contributed by atoms with E-state index in [-0.39, 0.29) is 0 Å². The molecule has 1 aliphatic heterocycles. The van der Waals surface area contributed by atoms with Crippen molar-refractivity contribution in [2.24, 2.45) is 7.05 Å². The Balaban J connectivity index is 0.000000346. The van der Waals surface area contributed by atoms with Gasteiger partial charge >= 0.3 is 11.9 Å². The van der Waals surface area contributed by atoms with E-state index in [1.807, 2.05) is 0 Å². The number of carboxylic acids is 2. The number of carboxylic acid groups (broad SMARTS) is 2. The summed E-state index contributed by atoms with van der Waals surface area (Å²) in [7, 11) is 2.12. The zero-order chi connectivity index (χ0) is 16.7. The van der Waals surface area contributed by atoms with Crippen LogP contribution in [0.1, 0.15) is 19.5 Å². The van der Waals surface area contributed by atoms with E-state index in [1.54, 1.807) is 0 Å². The first-order valence-electron chi connectivity index (χ1n) is 7.34. The number of piperazine rings is 1. The molecule has 0 amide bonds. The van der Waals surface area contributed by atoms with Crippen LogP contribution >= 0.6 is 0 Å². The highest BCUT2D eigenvalue weighted by molar-refractivity contribution is 6.27. The maximum atomic E-state index is 9.10. The average molecular weight is 311 g/mol. The molecule has 2 heterocycles. The van der Waals surface area contributed by atoms with Crippen molar-refractivity contribution < 1.29 is 19.8 Å². The lowest BCUT2D eigenvalue weighted by Gasteiger charge is -2.36. The lowest BCUT2D eigenvalue weighted by Crippen LogP contribution is -2.48. The fraction of sp³-hybridized carbons (Fsp3) is 0.600. The van der Waals surface area contributed by atoms with Gasteiger partial charge in [0.05, 0.1) is 0 Å². The molecule has 0 bridgehead atoms. The molecule has 1 aliphatic rings. The number of aromatic nitrogens is 1. The van der Waals surface area contributed by atoms with Crippen molar-refractivity contribution in [3.8, 4) is 0 Å². The third kappa shape index (κ3) is 5.87. The van der Waals surface area contributed by atoms with Crippen LogP contribution in [0.3, 0.4) is 0 Å². The Morgan fingerprint density at radius 3 is 2.05 bits per heavy atom. The third-order valence-electron chi connectivity index (χ3n) is 3.76. The number of rotatable bonds is 3. The van der Waals surface area contributed by atoms with Crippen molar-refractivity contribution in [1.82, 2.24) is 14.4 Å². The molecule has 1 saturated heterocycles. The van der Waals surface area contributed by atoms with E-state index in [1.165, 1.54) is 31.9 Å². The third-order valence-corrected chi connectivity index (χ3v) is 3.76. The molecule has 0 radical (unpaired) electrons. The largest absolute Gasteiger partial charge is 0.473 e. The van der Waals surface area contributed by atoms with Gasteiger partial charge in [-0.25, -0.2) is 9.59 Å². The van der Waals surface area contributed by atoms with Gasteiger partial charge < -0.3 is 14.8 Å². The summed E-state index contributed by atoms with van der Waals surface area (Å²) in [5.41, 5.74) is 1.41. The van der Waals surface area contributed by atoms with Crippen molar-refractivity contribution >= 4 is 11.9 Å². The molecule has 1 fully saturated rings. The van der Waals surface area contributed by atoms with Crippen LogP contribution in [0.5, 0.6) is 0 Å². The second kappa shape index (κ2) is 8.55. The zero-order valence-electron chi connectivity index (χ0n) is 13.4. The molecule has 1 aromatic rings. The first-order valence-corrected chi connectivity index (χ1v) is 7.34. The van der Waals surface area contributed by atoms with Gasteiger partial charge in [0.2, 0.25) is 0 Å².